The lowest BCUT2D eigenvalue weighted by Crippen LogP contribution is -2.48. The molecular weight excluding hydrogens is 403 g/mol. The first-order valence-corrected chi connectivity index (χ1v) is 10.7. The first-order chi connectivity index (χ1) is 11.9. The summed E-state index contributed by atoms with van der Waals surface area (Å²) in [6.45, 7) is 2.85. The molecule has 1 aliphatic rings. The highest BCUT2D eigenvalue weighted by Gasteiger charge is 2.29. The van der Waals surface area contributed by atoms with Crippen LogP contribution in [0, 0.1) is 0 Å². The molecule has 5 nitrogen and oxygen atoms in total. The van der Waals surface area contributed by atoms with Gasteiger partial charge in [-0.3, -0.25) is 4.90 Å². The smallest absolute Gasteiger partial charge is 0.252 e. The third-order valence-corrected chi connectivity index (χ3v) is 7.94. The van der Waals surface area contributed by atoms with E-state index in [9.17, 15) is 8.42 Å². The monoisotopic (exact) mass is 420 g/mol. The van der Waals surface area contributed by atoms with Crippen LogP contribution in [0.5, 0.6) is 5.75 Å². The van der Waals surface area contributed by atoms with Crippen LogP contribution in [0.4, 0.5) is 0 Å². The van der Waals surface area contributed by atoms with E-state index in [1.807, 2.05) is 12.1 Å². The Hall–Kier alpha value is -0.830. The molecule has 3 rings (SSSR count). The van der Waals surface area contributed by atoms with Crippen molar-refractivity contribution in [2.45, 2.75) is 10.8 Å². The highest BCUT2D eigenvalue weighted by Crippen LogP contribution is 2.29. The van der Waals surface area contributed by atoms with Crippen molar-refractivity contribution in [3.05, 3.63) is 45.3 Å². The number of thiophene rings is 1. The van der Waals surface area contributed by atoms with Gasteiger partial charge in [0.2, 0.25) is 0 Å². The summed E-state index contributed by atoms with van der Waals surface area (Å²) in [6, 6.07) is 8.70. The standard InChI is InChI=1S/C16H18Cl2N2O3S2/c1-23-14-3-2-13(17)10-12(14)11-19-6-8-20(9-7-19)25(21,22)16-5-4-15(18)24-16/h2-5,10H,6-9,11H2,1H3. The van der Waals surface area contributed by atoms with Crippen LogP contribution in [0.1, 0.15) is 5.56 Å². The molecule has 0 N–H and O–H groups in total. The first kappa shape index (κ1) is 18.9. The SMILES string of the molecule is COc1ccc(Cl)cc1CN1CCN(S(=O)(=O)c2ccc(Cl)s2)CC1. The minimum atomic E-state index is -3.46. The van der Waals surface area contributed by atoms with E-state index < -0.39 is 10.0 Å². The van der Waals surface area contributed by atoms with Gasteiger partial charge in [0, 0.05) is 43.3 Å². The largest absolute Gasteiger partial charge is 0.496 e. The predicted octanol–water partition coefficient (Wildman–Crippen LogP) is 3.57. The van der Waals surface area contributed by atoms with Crippen molar-refractivity contribution in [1.29, 1.82) is 0 Å². The molecule has 25 heavy (non-hydrogen) atoms. The van der Waals surface area contributed by atoms with Crippen LogP contribution in [0.15, 0.2) is 34.5 Å². The maximum Gasteiger partial charge on any atom is 0.252 e. The van der Waals surface area contributed by atoms with Crippen molar-refractivity contribution in [2.24, 2.45) is 0 Å². The summed E-state index contributed by atoms with van der Waals surface area (Å²) in [5.41, 5.74) is 0.997. The van der Waals surface area contributed by atoms with Gasteiger partial charge in [0.25, 0.3) is 10.0 Å². The molecule has 1 aromatic heterocycles. The predicted molar refractivity (Wildman–Crippen MR) is 101 cm³/mol. The summed E-state index contributed by atoms with van der Waals surface area (Å²) >= 11 is 13.0. The van der Waals surface area contributed by atoms with Gasteiger partial charge in [-0.1, -0.05) is 23.2 Å². The zero-order valence-electron chi connectivity index (χ0n) is 13.6. The van der Waals surface area contributed by atoms with Crippen molar-refractivity contribution in [1.82, 2.24) is 9.21 Å². The van der Waals surface area contributed by atoms with Gasteiger partial charge in [0.05, 0.1) is 11.4 Å². The first-order valence-electron chi connectivity index (χ1n) is 7.70. The highest BCUT2D eigenvalue weighted by atomic mass is 35.5. The number of rotatable bonds is 5. The molecule has 0 amide bonds. The van der Waals surface area contributed by atoms with E-state index in [4.69, 9.17) is 27.9 Å². The molecule has 136 valence electrons. The van der Waals surface area contributed by atoms with Crippen molar-refractivity contribution in [2.75, 3.05) is 33.3 Å². The normalized spacial score (nSPS) is 16.9. The zero-order chi connectivity index (χ0) is 18.0. The van der Waals surface area contributed by atoms with Crippen LogP contribution >= 0.6 is 34.5 Å². The van der Waals surface area contributed by atoms with Gasteiger partial charge in [-0.05, 0) is 30.3 Å². The molecule has 0 saturated carbocycles. The molecule has 0 radical (unpaired) electrons. The van der Waals surface area contributed by atoms with E-state index in [1.165, 1.54) is 4.31 Å². The van der Waals surface area contributed by atoms with Gasteiger partial charge in [0.15, 0.2) is 0 Å². The van der Waals surface area contributed by atoms with E-state index in [-0.39, 0.29) is 0 Å². The molecule has 9 heteroatoms. The fraction of sp³-hybridized carbons (Fsp3) is 0.375. The number of nitrogens with zero attached hydrogens (tertiary/aromatic N) is 2. The summed E-state index contributed by atoms with van der Waals surface area (Å²) in [5.74, 6) is 0.785. The van der Waals surface area contributed by atoms with Gasteiger partial charge in [-0.15, -0.1) is 11.3 Å². The number of ether oxygens (including phenoxy) is 1. The Bertz CT molecular complexity index is 847. The Morgan fingerprint density at radius 3 is 2.44 bits per heavy atom. The lowest BCUT2D eigenvalue weighted by Gasteiger charge is -2.33. The van der Waals surface area contributed by atoms with Crippen molar-refractivity contribution < 1.29 is 13.2 Å². The summed E-state index contributed by atoms with van der Waals surface area (Å²) < 4.78 is 32.9. The molecule has 1 aliphatic heterocycles. The molecule has 1 saturated heterocycles. The molecule has 0 bridgehead atoms. The summed E-state index contributed by atoms with van der Waals surface area (Å²) in [7, 11) is -1.83. The van der Waals surface area contributed by atoms with Gasteiger partial charge < -0.3 is 4.74 Å². The van der Waals surface area contributed by atoms with Crippen LogP contribution in [0.25, 0.3) is 0 Å². The molecule has 0 spiro atoms. The van der Waals surface area contributed by atoms with E-state index in [0.717, 1.165) is 22.6 Å². The number of hydrogen-bond donors (Lipinski definition) is 0. The summed E-state index contributed by atoms with van der Waals surface area (Å²) in [5, 5.41) is 0.659. The van der Waals surface area contributed by atoms with Gasteiger partial charge in [0.1, 0.15) is 9.96 Å². The van der Waals surface area contributed by atoms with Crippen molar-refractivity contribution >= 4 is 44.6 Å². The Morgan fingerprint density at radius 2 is 1.84 bits per heavy atom. The van der Waals surface area contributed by atoms with Crippen LogP contribution in [0.2, 0.25) is 9.36 Å². The molecular formula is C16H18Cl2N2O3S2. The minimum absolute atomic E-state index is 0.294. The second-order valence-corrected chi connectivity index (χ2v) is 10.0. The Morgan fingerprint density at radius 1 is 1.12 bits per heavy atom. The lowest BCUT2D eigenvalue weighted by atomic mass is 10.1. The van der Waals surface area contributed by atoms with Gasteiger partial charge in [-0.25, -0.2) is 8.42 Å². The van der Waals surface area contributed by atoms with Crippen LogP contribution in [-0.2, 0) is 16.6 Å². The summed E-state index contributed by atoms with van der Waals surface area (Å²) in [4.78, 5) is 2.20. The van der Waals surface area contributed by atoms with Gasteiger partial charge in [-0.2, -0.15) is 4.31 Å². The van der Waals surface area contributed by atoms with Crippen LogP contribution in [0.3, 0.4) is 0 Å². The molecule has 0 aliphatic carbocycles. The minimum Gasteiger partial charge on any atom is -0.496 e. The number of hydrogen-bond acceptors (Lipinski definition) is 5. The van der Waals surface area contributed by atoms with E-state index in [2.05, 4.69) is 4.90 Å². The fourth-order valence-electron chi connectivity index (χ4n) is 2.80. The van der Waals surface area contributed by atoms with Crippen molar-refractivity contribution in [3.63, 3.8) is 0 Å². The number of sulfonamides is 1. The highest BCUT2D eigenvalue weighted by molar-refractivity contribution is 7.91. The molecule has 2 aromatic rings. The molecule has 1 aromatic carbocycles. The Kier molecular flexibility index (Phi) is 5.92. The van der Waals surface area contributed by atoms with E-state index in [0.29, 0.717) is 46.3 Å². The van der Waals surface area contributed by atoms with Gasteiger partial charge >= 0.3 is 0 Å². The Labute approximate surface area is 161 Å². The summed E-state index contributed by atoms with van der Waals surface area (Å²) in [6.07, 6.45) is 0. The maximum absolute atomic E-state index is 12.6. The van der Waals surface area contributed by atoms with Crippen LogP contribution < -0.4 is 4.74 Å². The third-order valence-electron chi connectivity index (χ3n) is 4.11. The third kappa shape index (κ3) is 4.30. The van der Waals surface area contributed by atoms with Crippen LogP contribution in [-0.4, -0.2) is 50.9 Å². The average molecular weight is 421 g/mol. The average Bonchev–Trinajstić information content (AvgIpc) is 3.03. The second kappa shape index (κ2) is 7.82. The fourth-order valence-corrected chi connectivity index (χ4v) is 6.06. The number of benzene rings is 1. The number of halogens is 2. The number of piperazine rings is 1. The maximum atomic E-state index is 12.6. The molecule has 0 unspecified atom stereocenters. The van der Waals surface area contributed by atoms with E-state index >= 15 is 0 Å². The quantitative estimate of drug-likeness (QED) is 0.741. The van der Waals surface area contributed by atoms with Crippen molar-refractivity contribution in [3.8, 4) is 5.75 Å². The molecule has 0 atom stereocenters. The molecule has 1 fully saturated rings. The topological polar surface area (TPSA) is 49.9 Å². The lowest BCUT2D eigenvalue weighted by molar-refractivity contribution is 0.180. The Balaban J connectivity index is 1.65. The van der Waals surface area contributed by atoms with E-state index in [1.54, 1.807) is 25.3 Å². The number of methoxy groups -OCH3 is 1. The zero-order valence-corrected chi connectivity index (χ0v) is 16.8. The second-order valence-electron chi connectivity index (χ2n) is 5.69. The molecule has 2 heterocycles.